The fourth-order valence-corrected chi connectivity index (χ4v) is 1.78. The maximum atomic E-state index is 11.5. The molecule has 0 spiro atoms. The van der Waals surface area contributed by atoms with Gasteiger partial charge >= 0.3 is 0 Å². The van der Waals surface area contributed by atoms with E-state index in [0.29, 0.717) is 6.04 Å². The van der Waals surface area contributed by atoms with E-state index in [0.717, 1.165) is 19.4 Å². The molecule has 0 saturated carbocycles. The van der Waals surface area contributed by atoms with Crippen molar-refractivity contribution >= 4 is 17.5 Å². The first-order valence-corrected chi connectivity index (χ1v) is 5.01. The Bertz CT molecular complexity index is 170. The summed E-state index contributed by atoms with van der Waals surface area (Å²) in [6.07, 6.45) is 3.48. The standard InChI is InChI=1S/C9H16ClNO/c1-7-5-3-4-6-11(7)9(12)8(2)10/h7-8H,3-6H2,1-2H3/t7-,8+/m0/s1. The number of amides is 1. The van der Waals surface area contributed by atoms with Crippen LogP contribution in [0.3, 0.4) is 0 Å². The van der Waals surface area contributed by atoms with Crippen molar-refractivity contribution in [3.05, 3.63) is 0 Å². The highest BCUT2D eigenvalue weighted by atomic mass is 35.5. The summed E-state index contributed by atoms with van der Waals surface area (Å²) >= 11 is 5.74. The Morgan fingerprint density at radius 2 is 2.25 bits per heavy atom. The van der Waals surface area contributed by atoms with E-state index in [1.807, 2.05) is 4.90 Å². The lowest BCUT2D eigenvalue weighted by Crippen LogP contribution is -2.44. The predicted octanol–water partition coefficient (Wildman–Crippen LogP) is 2.01. The molecule has 1 heterocycles. The molecule has 0 radical (unpaired) electrons. The molecule has 1 saturated heterocycles. The largest absolute Gasteiger partial charge is 0.339 e. The van der Waals surface area contributed by atoms with Crippen molar-refractivity contribution in [3.8, 4) is 0 Å². The van der Waals surface area contributed by atoms with Crippen LogP contribution in [0.5, 0.6) is 0 Å². The molecule has 0 bridgehead atoms. The number of likely N-dealkylation sites (tertiary alicyclic amines) is 1. The van der Waals surface area contributed by atoms with Gasteiger partial charge in [0.2, 0.25) is 5.91 Å². The summed E-state index contributed by atoms with van der Waals surface area (Å²) < 4.78 is 0. The molecule has 12 heavy (non-hydrogen) atoms. The van der Waals surface area contributed by atoms with Crippen LogP contribution in [0.4, 0.5) is 0 Å². The Labute approximate surface area is 78.9 Å². The lowest BCUT2D eigenvalue weighted by atomic mass is 10.0. The van der Waals surface area contributed by atoms with Crippen LogP contribution in [0.1, 0.15) is 33.1 Å². The van der Waals surface area contributed by atoms with Gasteiger partial charge in [0.15, 0.2) is 0 Å². The van der Waals surface area contributed by atoms with Crippen LogP contribution in [0.25, 0.3) is 0 Å². The number of hydrogen-bond acceptors (Lipinski definition) is 1. The summed E-state index contributed by atoms with van der Waals surface area (Å²) in [5.74, 6) is 0.0869. The van der Waals surface area contributed by atoms with Crippen molar-refractivity contribution in [1.29, 1.82) is 0 Å². The van der Waals surface area contributed by atoms with Gasteiger partial charge in [-0.2, -0.15) is 0 Å². The zero-order chi connectivity index (χ0) is 9.14. The lowest BCUT2D eigenvalue weighted by Gasteiger charge is -2.34. The van der Waals surface area contributed by atoms with E-state index in [4.69, 9.17) is 11.6 Å². The van der Waals surface area contributed by atoms with Crippen LogP contribution in [-0.4, -0.2) is 28.8 Å². The van der Waals surface area contributed by atoms with Crippen LogP contribution < -0.4 is 0 Å². The number of hydrogen-bond donors (Lipinski definition) is 0. The Balaban J connectivity index is 2.53. The Morgan fingerprint density at radius 3 is 2.75 bits per heavy atom. The molecule has 2 nitrogen and oxygen atoms in total. The minimum atomic E-state index is -0.370. The first-order valence-electron chi connectivity index (χ1n) is 4.57. The second kappa shape index (κ2) is 4.13. The number of carbonyl (C=O) groups is 1. The first-order chi connectivity index (χ1) is 5.63. The van der Waals surface area contributed by atoms with E-state index in [2.05, 4.69) is 6.92 Å². The fraction of sp³-hybridized carbons (Fsp3) is 0.889. The summed E-state index contributed by atoms with van der Waals surface area (Å²) in [6.45, 7) is 4.72. The minimum absolute atomic E-state index is 0.0869. The summed E-state index contributed by atoms with van der Waals surface area (Å²) in [5, 5.41) is -0.370. The molecule has 0 unspecified atom stereocenters. The molecule has 0 N–H and O–H groups in total. The molecule has 1 rings (SSSR count). The third-order valence-corrected chi connectivity index (χ3v) is 2.61. The van der Waals surface area contributed by atoms with E-state index < -0.39 is 0 Å². The van der Waals surface area contributed by atoms with Crippen molar-refractivity contribution in [2.45, 2.75) is 44.5 Å². The molecule has 1 amide bonds. The normalized spacial score (nSPS) is 26.9. The number of rotatable bonds is 1. The fourth-order valence-electron chi connectivity index (χ4n) is 1.65. The highest BCUT2D eigenvalue weighted by Crippen LogP contribution is 2.18. The molecule has 1 aliphatic heterocycles. The van der Waals surface area contributed by atoms with Gasteiger partial charge in [0, 0.05) is 12.6 Å². The van der Waals surface area contributed by atoms with E-state index in [1.54, 1.807) is 6.92 Å². The third-order valence-electron chi connectivity index (χ3n) is 2.43. The number of piperidine rings is 1. The molecular weight excluding hydrogens is 174 g/mol. The first kappa shape index (κ1) is 9.85. The molecular formula is C9H16ClNO. The summed E-state index contributed by atoms with van der Waals surface area (Å²) in [4.78, 5) is 13.4. The Morgan fingerprint density at radius 1 is 1.58 bits per heavy atom. The van der Waals surface area contributed by atoms with E-state index in [-0.39, 0.29) is 11.3 Å². The average molecular weight is 190 g/mol. The van der Waals surface area contributed by atoms with E-state index in [9.17, 15) is 4.79 Å². The summed E-state index contributed by atoms with van der Waals surface area (Å²) in [6, 6.07) is 0.382. The molecule has 70 valence electrons. The van der Waals surface area contributed by atoms with Gasteiger partial charge in [-0.25, -0.2) is 0 Å². The van der Waals surface area contributed by atoms with E-state index in [1.165, 1.54) is 6.42 Å². The maximum absolute atomic E-state index is 11.5. The third kappa shape index (κ3) is 2.13. The van der Waals surface area contributed by atoms with Crippen molar-refractivity contribution in [1.82, 2.24) is 4.90 Å². The monoisotopic (exact) mass is 189 g/mol. The number of halogens is 1. The van der Waals surface area contributed by atoms with E-state index >= 15 is 0 Å². The van der Waals surface area contributed by atoms with Crippen LogP contribution in [0.2, 0.25) is 0 Å². The van der Waals surface area contributed by atoms with Gasteiger partial charge < -0.3 is 4.90 Å². The van der Waals surface area contributed by atoms with Gasteiger partial charge in [0.05, 0.1) is 0 Å². The minimum Gasteiger partial charge on any atom is -0.339 e. The number of alkyl halides is 1. The average Bonchev–Trinajstić information content (AvgIpc) is 2.04. The molecule has 0 aromatic carbocycles. The van der Waals surface area contributed by atoms with Crippen LogP contribution in [-0.2, 0) is 4.79 Å². The predicted molar refractivity (Wildman–Crippen MR) is 50.3 cm³/mol. The highest BCUT2D eigenvalue weighted by molar-refractivity contribution is 6.30. The number of nitrogens with zero attached hydrogens (tertiary/aromatic N) is 1. The zero-order valence-corrected chi connectivity index (χ0v) is 8.47. The van der Waals surface area contributed by atoms with Crippen molar-refractivity contribution < 1.29 is 4.79 Å². The van der Waals surface area contributed by atoms with Gasteiger partial charge in [-0.1, -0.05) is 0 Å². The molecule has 2 atom stereocenters. The second-order valence-electron chi connectivity index (χ2n) is 3.49. The quantitative estimate of drug-likeness (QED) is 0.578. The summed E-state index contributed by atoms with van der Waals surface area (Å²) in [7, 11) is 0. The van der Waals surface area contributed by atoms with Crippen LogP contribution >= 0.6 is 11.6 Å². The maximum Gasteiger partial charge on any atom is 0.240 e. The zero-order valence-electron chi connectivity index (χ0n) is 7.72. The lowest BCUT2D eigenvalue weighted by molar-refractivity contribution is -0.133. The van der Waals surface area contributed by atoms with Gasteiger partial charge in [-0.15, -0.1) is 11.6 Å². The molecule has 0 aromatic heterocycles. The van der Waals surface area contributed by atoms with Crippen molar-refractivity contribution in [2.75, 3.05) is 6.54 Å². The van der Waals surface area contributed by atoms with Crippen molar-refractivity contribution in [3.63, 3.8) is 0 Å². The topological polar surface area (TPSA) is 20.3 Å². The van der Waals surface area contributed by atoms with Crippen LogP contribution in [0, 0.1) is 0 Å². The van der Waals surface area contributed by atoms with Crippen molar-refractivity contribution in [2.24, 2.45) is 0 Å². The molecule has 3 heteroatoms. The van der Waals surface area contributed by atoms with Gasteiger partial charge in [0.1, 0.15) is 5.38 Å². The SMILES string of the molecule is C[C@@H](Cl)C(=O)N1CCCC[C@@H]1C. The second-order valence-corrected chi connectivity index (χ2v) is 4.15. The van der Waals surface area contributed by atoms with Gasteiger partial charge in [0.25, 0.3) is 0 Å². The van der Waals surface area contributed by atoms with Gasteiger partial charge in [-0.05, 0) is 33.1 Å². The number of carbonyl (C=O) groups excluding carboxylic acids is 1. The smallest absolute Gasteiger partial charge is 0.240 e. The highest BCUT2D eigenvalue weighted by Gasteiger charge is 2.25. The Kier molecular flexibility index (Phi) is 3.39. The summed E-state index contributed by atoms with van der Waals surface area (Å²) in [5.41, 5.74) is 0. The molecule has 0 aromatic rings. The molecule has 1 fully saturated rings. The Hall–Kier alpha value is -0.240. The van der Waals surface area contributed by atoms with Crippen LogP contribution in [0.15, 0.2) is 0 Å². The molecule has 1 aliphatic rings. The molecule has 0 aliphatic carbocycles. The van der Waals surface area contributed by atoms with Gasteiger partial charge in [-0.3, -0.25) is 4.79 Å².